The molecule has 0 amide bonds. The van der Waals surface area contributed by atoms with Crippen LogP contribution in [0.3, 0.4) is 0 Å². The Hall–Kier alpha value is -1.48. The summed E-state index contributed by atoms with van der Waals surface area (Å²) >= 11 is 0. The van der Waals surface area contributed by atoms with Crippen molar-refractivity contribution in [2.24, 2.45) is 0 Å². The molecule has 3 heteroatoms. The summed E-state index contributed by atoms with van der Waals surface area (Å²) < 4.78 is 5.22. The van der Waals surface area contributed by atoms with Gasteiger partial charge in [-0.3, -0.25) is 5.32 Å². The SMILES string of the molecule is COC1=CCNC1c1ccccc1O. The lowest BCUT2D eigenvalue weighted by Gasteiger charge is -2.15. The standard InChI is InChI=1S/C11H13NO2/c1-14-10-6-7-12-11(10)8-4-2-3-5-9(8)13/h2-6,11-13H,7H2,1H3. The number of phenols is 1. The Bertz CT molecular complexity index is 360. The highest BCUT2D eigenvalue weighted by atomic mass is 16.5. The van der Waals surface area contributed by atoms with E-state index in [1.807, 2.05) is 24.3 Å². The molecule has 1 heterocycles. The van der Waals surface area contributed by atoms with Crippen molar-refractivity contribution in [3.05, 3.63) is 41.7 Å². The lowest BCUT2D eigenvalue weighted by atomic mass is 10.1. The van der Waals surface area contributed by atoms with Crippen molar-refractivity contribution in [3.8, 4) is 5.75 Å². The molecular weight excluding hydrogens is 178 g/mol. The number of benzene rings is 1. The normalized spacial score (nSPS) is 20.6. The van der Waals surface area contributed by atoms with E-state index < -0.39 is 0 Å². The predicted molar refractivity (Wildman–Crippen MR) is 53.9 cm³/mol. The van der Waals surface area contributed by atoms with Crippen LogP contribution < -0.4 is 5.32 Å². The van der Waals surface area contributed by atoms with Crippen molar-refractivity contribution >= 4 is 0 Å². The molecule has 1 aromatic rings. The van der Waals surface area contributed by atoms with Crippen LogP contribution in [0.2, 0.25) is 0 Å². The fourth-order valence-electron chi connectivity index (χ4n) is 1.69. The van der Waals surface area contributed by atoms with E-state index in [-0.39, 0.29) is 6.04 Å². The maximum absolute atomic E-state index is 9.66. The van der Waals surface area contributed by atoms with Gasteiger partial charge in [-0.2, -0.15) is 0 Å². The second-order valence-corrected chi connectivity index (χ2v) is 3.21. The molecule has 0 radical (unpaired) electrons. The molecule has 1 unspecified atom stereocenters. The predicted octanol–water partition coefficient (Wildman–Crippen LogP) is 1.57. The van der Waals surface area contributed by atoms with Crippen LogP contribution in [0.1, 0.15) is 11.6 Å². The average Bonchev–Trinajstić information content (AvgIpc) is 2.66. The van der Waals surface area contributed by atoms with Crippen LogP contribution in [0.25, 0.3) is 0 Å². The van der Waals surface area contributed by atoms with Gasteiger partial charge in [-0.15, -0.1) is 0 Å². The van der Waals surface area contributed by atoms with Crippen LogP contribution in [-0.4, -0.2) is 18.8 Å². The number of para-hydroxylation sites is 1. The van der Waals surface area contributed by atoms with Crippen molar-refractivity contribution in [1.29, 1.82) is 0 Å². The molecule has 2 rings (SSSR count). The van der Waals surface area contributed by atoms with Crippen LogP contribution in [0.15, 0.2) is 36.1 Å². The maximum Gasteiger partial charge on any atom is 0.120 e. The summed E-state index contributed by atoms with van der Waals surface area (Å²) in [6, 6.07) is 7.28. The van der Waals surface area contributed by atoms with Crippen LogP contribution in [0.4, 0.5) is 0 Å². The zero-order chi connectivity index (χ0) is 9.97. The number of nitrogens with one attached hydrogen (secondary N) is 1. The van der Waals surface area contributed by atoms with E-state index in [4.69, 9.17) is 4.74 Å². The first-order chi connectivity index (χ1) is 6.83. The zero-order valence-electron chi connectivity index (χ0n) is 8.03. The molecule has 0 aromatic heterocycles. The van der Waals surface area contributed by atoms with Crippen molar-refractivity contribution < 1.29 is 9.84 Å². The van der Waals surface area contributed by atoms with E-state index in [9.17, 15) is 5.11 Å². The van der Waals surface area contributed by atoms with E-state index in [1.54, 1.807) is 13.2 Å². The molecule has 1 aliphatic heterocycles. The molecule has 1 aliphatic rings. The fourth-order valence-corrected chi connectivity index (χ4v) is 1.69. The number of hydrogen-bond donors (Lipinski definition) is 2. The number of rotatable bonds is 2. The van der Waals surface area contributed by atoms with Crippen molar-refractivity contribution in [3.63, 3.8) is 0 Å². The molecule has 0 saturated heterocycles. The molecule has 0 saturated carbocycles. The number of methoxy groups -OCH3 is 1. The van der Waals surface area contributed by atoms with E-state index in [1.165, 1.54) is 0 Å². The van der Waals surface area contributed by atoms with Gasteiger partial charge in [0.1, 0.15) is 11.5 Å². The Morgan fingerprint density at radius 3 is 2.93 bits per heavy atom. The van der Waals surface area contributed by atoms with Crippen LogP contribution in [0.5, 0.6) is 5.75 Å². The molecule has 0 aliphatic carbocycles. The van der Waals surface area contributed by atoms with Gasteiger partial charge >= 0.3 is 0 Å². The smallest absolute Gasteiger partial charge is 0.120 e. The highest BCUT2D eigenvalue weighted by Crippen LogP contribution is 2.31. The third kappa shape index (κ3) is 1.46. The largest absolute Gasteiger partial charge is 0.508 e. The summed E-state index contributed by atoms with van der Waals surface area (Å²) in [5.41, 5.74) is 0.859. The van der Waals surface area contributed by atoms with Gasteiger partial charge in [-0.25, -0.2) is 0 Å². The van der Waals surface area contributed by atoms with Gasteiger partial charge in [-0.05, 0) is 12.1 Å². The summed E-state index contributed by atoms with van der Waals surface area (Å²) in [6.07, 6.45) is 1.98. The molecule has 0 bridgehead atoms. The van der Waals surface area contributed by atoms with Gasteiger partial charge in [0.05, 0.1) is 13.2 Å². The maximum atomic E-state index is 9.66. The first-order valence-electron chi connectivity index (χ1n) is 4.58. The monoisotopic (exact) mass is 191 g/mol. The van der Waals surface area contributed by atoms with Gasteiger partial charge < -0.3 is 9.84 Å². The van der Waals surface area contributed by atoms with Gasteiger partial charge in [0.15, 0.2) is 0 Å². The highest BCUT2D eigenvalue weighted by Gasteiger charge is 2.23. The van der Waals surface area contributed by atoms with Gasteiger partial charge in [0.2, 0.25) is 0 Å². The summed E-state index contributed by atoms with van der Waals surface area (Å²) in [5, 5.41) is 12.9. The molecule has 2 N–H and O–H groups in total. The third-order valence-electron chi connectivity index (χ3n) is 2.39. The van der Waals surface area contributed by atoms with Crippen LogP contribution in [-0.2, 0) is 4.74 Å². The lowest BCUT2D eigenvalue weighted by Crippen LogP contribution is -2.17. The highest BCUT2D eigenvalue weighted by molar-refractivity contribution is 5.39. The molecule has 1 atom stereocenters. The van der Waals surface area contributed by atoms with E-state index in [0.29, 0.717) is 5.75 Å². The summed E-state index contributed by atoms with van der Waals surface area (Å²) in [7, 11) is 1.64. The van der Waals surface area contributed by atoms with Crippen molar-refractivity contribution in [1.82, 2.24) is 5.32 Å². The van der Waals surface area contributed by atoms with E-state index >= 15 is 0 Å². The second kappa shape index (κ2) is 3.72. The Kier molecular flexibility index (Phi) is 2.41. The Morgan fingerprint density at radius 2 is 2.21 bits per heavy atom. The van der Waals surface area contributed by atoms with E-state index in [0.717, 1.165) is 17.9 Å². The average molecular weight is 191 g/mol. The number of phenolic OH excluding ortho intramolecular Hbond substituents is 1. The molecule has 3 nitrogen and oxygen atoms in total. The minimum atomic E-state index is -0.0128. The molecule has 74 valence electrons. The quantitative estimate of drug-likeness (QED) is 0.745. The van der Waals surface area contributed by atoms with Gasteiger partial charge in [0.25, 0.3) is 0 Å². The van der Waals surface area contributed by atoms with Gasteiger partial charge in [0, 0.05) is 12.1 Å². The van der Waals surface area contributed by atoms with Crippen LogP contribution >= 0.6 is 0 Å². The molecule has 0 fully saturated rings. The number of ether oxygens (including phenoxy) is 1. The molecule has 0 spiro atoms. The topological polar surface area (TPSA) is 41.5 Å². The molecular formula is C11H13NO2. The first-order valence-corrected chi connectivity index (χ1v) is 4.58. The molecule has 14 heavy (non-hydrogen) atoms. The Labute approximate surface area is 83.0 Å². The van der Waals surface area contributed by atoms with E-state index in [2.05, 4.69) is 5.32 Å². The first kappa shape index (κ1) is 9.09. The zero-order valence-corrected chi connectivity index (χ0v) is 8.03. The minimum Gasteiger partial charge on any atom is -0.508 e. The minimum absolute atomic E-state index is 0.0128. The van der Waals surface area contributed by atoms with Crippen molar-refractivity contribution in [2.45, 2.75) is 6.04 Å². The third-order valence-corrected chi connectivity index (χ3v) is 2.39. The number of aromatic hydroxyl groups is 1. The summed E-state index contributed by atoms with van der Waals surface area (Å²) in [5.74, 6) is 1.17. The van der Waals surface area contributed by atoms with Crippen molar-refractivity contribution in [2.75, 3.05) is 13.7 Å². The molecule has 1 aromatic carbocycles. The summed E-state index contributed by atoms with van der Waals surface area (Å²) in [4.78, 5) is 0. The summed E-state index contributed by atoms with van der Waals surface area (Å²) in [6.45, 7) is 0.780. The van der Waals surface area contributed by atoms with Crippen LogP contribution in [0, 0.1) is 0 Å². The number of hydrogen-bond acceptors (Lipinski definition) is 3. The fraction of sp³-hybridized carbons (Fsp3) is 0.273. The second-order valence-electron chi connectivity index (χ2n) is 3.21. The van der Waals surface area contributed by atoms with Gasteiger partial charge in [-0.1, -0.05) is 18.2 Å². The lowest BCUT2D eigenvalue weighted by molar-refractivity contribution is 0.262. The Morgan fingerprint density at radius 1 is 1.43 bits per heavy atom. The Balaban J connectivity index is 2.32.